The lowest BCUT2D eigenvalue weighted by molar-refractivity contribution is 0.670. The summed E-state index contributed by atoms with van der Waals surface area (Å²) in [6.07, 6.45) is 0. The summed E-state index contributed by atoms with van der Waals surface area (Å²) >= 11 is 0. The minimum atomic E-state index is -0.818. The Morgan fingerprint density at radius 3 is 1.57 bits per heavy atom. The highest BCUT2D eigenvalue weighted by Crippen LogP contribution is 2.59. The average molecular weight is 811 g/mol. The van der Waals surface area contributed by atoms with E-state index in [0.29, 0.717) is 5.56 Å². The SMILES string of the molecule is [2H]c1c([2H])c([2H])c2c(oc3c(-c4ccc(C5(c6ccccc6)c6ccccc6-c6c(N(c7ccc(-c8ccccc8)cc7)c7ccc(-c8ccccc8)cc7)cccc65)cc4)c([2H])c([2H])c([2H])c32)c1[2H]. The molecule has 0 N–H and O–H groups in total. The molecular formula is C61H41NO. The highest BCUT2D eigenvalue weighted by molar-refractivity contribution is 6.09. The number of nitrogens with zero attached hydrogens (tertiary/aromatic N) is 1. The summed E-state index contributed by atoms with van der Waals surface area (Å²) in [4.78, 5) is 2.35. The Hall–Kier alpha value is -8.20. The van der Waals surface area contributed by atoms with E-state index in [1.807, 2.05) is 30.3 Å². The fourth-order valence-corrected chi connectivity index (χ4v) is 9.69. The van der Waals surface area contributed by atoms with Crippen LogP contribution in [0.15, 0.2) is 253 Å². The molecular weight excluding hydrogens is 763 g/mol. The van der Waals surface area contributed by atoms with E-state index in [-0.39, 0.29) is 57.7 Å². The maximum absolute atomic E-state index is 9.18. The first-order valence-electron chi connectivity index (χ1n) is 24.6. The van der Waals surface area contributed by atoms with Crippen molar-refractivity contribution in [3.8, 4) is 44.5 Å². The standard InChI is InChI=1S/C61H41NO/c1-4-16-42(17-5-1)44-32-38-49(39-33-44)62(50-40-34-45(35-41-50)43-18-6-2-7-19-43)57-28-15-27-56-59(57)54-23-10-12-26-55(54)61(56,47-20-8-3-9-21-47)48-36-30-46(31-37-48)51-24-14-25-53-52-22-11-13-29-58(52)63-60(51)53/h1-41H/i11D,13D,14D,22D,24D,25D,29D. The molecule has 0 fully saturated rings. The number of hydrogen-bond acceptors (Lipinski definition) is 2. The molecule has 1 unspecified atom stereocenters. The Morgan fingerprint density at radius 2 is 0.905 bits per heavy atom. The molecule has 0 spiro atoms. The lowest BCUT2D eigenvalue weighted by Crippen LogP contribution is -2.28. The van der Waals surface area contributed by atoms with Gasteiger partial charge in [0.15, 0.2) is 0 Å². The van der Waals surface area contributed by atoms with E-state index in [1.54, 1.807) is 0 Å². The number of rotatable bonds is 8. The second-order valence-corrected chi connectivity index (χ2v) is 15.9. The quantitative estimate of drug-likeness (QED) is 0.152. The summed E-state index contributed by atoms with van der Waals surface area (Å²) in [5.41, 5.74) is 13.9. The zero-order chi connectivity index (χ0) is 47.8. The molecule has 1 heterocycles. The fourth-order valence-electron chi connectivity index (χ4n) is 9.69. The van der Waals surface area contributed by atoms with Crippen LogP contribution >= 0.6 is 0 Å². The van der Waals surface area contributed by atoms with Gasteiger partial charge in [-0.1, -0.05) is 212 Å². The van der Waals surface area contributed by atoms with Crippen molar-refractivity contribution in [3.05, 3.63) is 271 Å². The molecule has 0 radical (unpaired) electrons. The number of hydrogen-bond donors (Lipinski definition) is 0. The van der Waals surface area contributed by atoms with Crippen LogP contribution in [0, 0.1) is 0 Å². The first-order chi connectivity index (χ1) is 34.2. The molecule has 12 rings (SSSR count). The molecule has 1 aromatic heterocycles. The van der Waals surface area contributed by atoms with E-state index < -0.39 is 17.5 Å². The Kier molecular flexibility index (Phi) is 7.15. The number of anilines is 3. The van der Waals surface area contributed by atoms with Gasteiger partial charge in [0, 0.05) is 33.3 Å². The Bertz CT molecular complexity index is 3740. The van der Waals surface area contributed by atoms with Crippen LogP contribution in [0.25, 0.3) is 66.4 Å². The van der Waals surface area contributed by atoms with Gasteiger partial charge in [-0.05, 0) is 92.0 Å². The molecule has 1 atom stereocenters. The van der Waals surface area contributed by atoms with Gasteiger partial charge in [-0.2, -0.15) is 0 Å². The summed E-state index contributed by atoms with van der Waals surface area (Å²) in [6, 6.07) is 69.4. The van der Waals surface area contributed by atoms with Crippen molar-refractivity contribution in [2.24, 2.45) is 0 Å². The van der Waals surface area contributed by atoms with Gasteiger partial charge in [0.05, 0.1) is 20.7 Å². The first-order valence-corrected chi connectivity index (χ1v) is 21.1. The fraction of sp³-hybridized carbons (Fsp3) is 0.0164. The van der Waals surface area contributed by atoms with Crippen molar-refractivity contribution in [3.63, 3.8) is 0 Å². The molecule has 1 aliphatic carbocycles. The van der Waals surface area contributed by atoms with Crippen molar-refractivity contribution in [2.75, 3.05) is 4.90 Å². The van der Waals surface area contributed by atoms with Crippen molar-refractivity contribution >= 4 is 39.0 Å². The Morgan fingerprint density at radius 1 is 0.381 bits per heavy atom. The summed E-state index contributed by atoms with van der Waals surface area (Å²) in [5, 5.41) is 0.117. The number of furan rings is 1. The predicted molar refractivity (Wildman–Crippen MR) is 262 cm³/mol. The van der Waals surface area contributed by atoms with Gasteiger partial charge < -0.3 is 9.32 Å². The normalized spacial score (nSPS) is 15.7. The van der Waals surface area contributed by atoms with Gasteiger partial charge in [-0.3, -0.25) is 0 Å². The molecule has 2 nitrogen and oxygen atoms in total. The molecule has 10 aromatic carbocycles. The van der Waals surface area contributed by atoms with Crippen molar-refractivity contribution in [1.29, 1.82) is 0 Å². The Balaban J connectivity index is 1.07. The van der Waals surface area contributed by atoms with Gasteiger partial charge in [0.1, 0.15) is 11.2 Å². The highest BCUT2D eigenvalue weighted by Gasteiger charge is 2.47. The number of benzene rings is 10. The van der Waals surface area contributed by atoms with Crippen LogP contribution in [-0.2, 0) is 5.41 Å². The summed E-state index contributed by atoms with van der Waals surface area (Å²) in [5.74, 6) is 0. The lowest BCUT2D eigenvalue weighted by atomic mass is 9.67. The molecule has 0 saturated heterocycles. The third-order valence-corrected chi connectivity index (χ3v) is 12.5. The number of fused-ring (bicyclic) bond motifs is 6. The van der Waals surface area contributed by atoms with Crippen LogP contribution in [0.1, 0.15) is 31.8 Å². The second kappa shape index (κ2) is 15.1. The third-order valence-electron chi connectivity index (χ3n) is 12.5. The van der Waals surface area contributed by atoms with E-state index >= 15 is 0 Å². The lowest BCUT2D eigenvalue weighted by Gasteiger charge is -2.34. The van der Waals surface area contributed by atoms with Gasteiger partial charge in [-0.25, -0.2) is 0 Å². The largest absolute Gasteiger partial charge is 0.455 e. The van der Waals surface area contributed by atoms with Crippen LogP contribution < -0.4 is 4.90 Å². The van der Waals surface area contributed by atoms with Crippen LogP contribution in [0.2, 0.25) is 0 Å². The van der Waals surface area contributed by atoms with Crippen molar-refractivity contribution in [1.82, 2.24) is 0 Å². The molecule has 0 bridgehead atoms. The highest BCUT2D eigenvalue weighted by atomic mass is 16.3. The third kappa shape index (κ3) is 5.95. The topological polar surface area (TPSA) is 16.4 Å². The molecule has 1 aliphatic rings. The van der Waals surface area contributed by atoms with Gasteiger partial charge in [-0.15, -0.1) is 0 Å². The zero-order valence-electron chi connectivity index (χ0n) is 41.0. The molecule has 63 heavy (non-hydrogen) atoms. The minimum Gasteiger partial charge on any atom is -0.455 e. The first kappa shape index (κ1) is 29.9. The van der Waals surface area contributed by atoms with E-state index in [1.165, 1.54) is 0 Å². The van der Waals surface area contributed by atoms with E-state index in [9.17, 15) is 1.37 Å². The molecule has 0 aliphatic heterocycles. The summed E-state index contributed by atoms with van der Waals surface area (Å²) < 4.78 is 67.3. The predicted octanol–water partition coefficient (Wildman–Crippen LogP) is 16.4. The van der Waals surface area contributed by atoms with Crippen molar-refractivity contribution < 1.29 is 14.0 Å². The van der Waals surface area contributed by atoms with Gasteiger partial charge in [0.25, 0.3) is 0 Å². The molecule has 0 amide bonds. The second-order valence-electron chi connectivity index (χ2n) is 15.9. The van der Waals surface area contributed by atoms with Crippen LogP contribution in [0.5, 0.6) is 0 Å². The van der Waals surface area contributed by atoms with Gasteiger partial charge >= 0.3 is 0 Å². The zero-order valence-corrected chi connectivity index (χ0v) is 34.0. The van der Waals surface area contributed by atoms with Crippen molar-refractivity contribution in [2.45, 2.75) is 5.41 Å². The van der Waals surface area contributed by atoms with Gasteiger partial charge in [0.2, 0.25) is 0 Å². The summed E-state index contributed by atoms with van der Waals surface area (Å²) in [6.45, 7) is 0. The maximum Gasteiger partial charge on any atom is 0.143 e. The van der Waals surface area contributed by atoms with E-state index in [4.69, 9.17) is 12.6 Å². The molecule has 11 aromatic rings. The Labute approximate surface area is 377 Å². The van der Waals surface area contributed by atoms with Crippen LogP contribution in [-0.4, -0.2) is 0 Å². The minimum absolute atomic E-state index is 0.0312. The summed E-state index contributed by atoms with van der Waals surface area (Å²) in [7, 11) is 0. The monoisotopic (exact) mass is 810 g/mol. The molecule has 2 heteroatoms. The van der Waals surface area contributed by atoms with E-state index in [0.717, 1.165) is 72.7 Å². The number of para-hydroxylation sites is 2. The molecule has 0 saturated carbocycles. The molecule has 296 valence electrons. The maximum atomic E-state index is 9.18. The van der Waals surface area contributed by atoms with Crippen LogP contribution in [0.4, 0.5) is 17.1 Å². The van der Waals surface area contributed by atoms with E-state index in [2.05, 4.69) is 181 Å². The smallest absolute Gasteiger partial charge is 0.143 e. The van der Waals surface area contributed by atoms with Crippen LogP contribution in [0.3, 0.4) is 0 Å². The average Bonchev–Trinajstić information content (AvgIpc) is 3.96.